The summed E-state index contributed by atoms with van der Waals surface area (Å²) in [6.07, 6.45) is 0. The van der Waals surface area contributed by atoms with Crippen LogP contribution in [0, 0.1) is 5.41 Å². The Balaban J connectivity index is 2.57. The van der Waals surface area contributed by atoms with Crippen LogP contribution in [0.25, 0.3) is 0 Å². The zero-order valence-corrected chi connectivity index (χ0v) is 10.2. The number of benzene rings is 1. The molecule has 0 aliphatic carbocycles. The van der Waals surface area contributed by atoms with E-state index in [0.717, 1.165) is 0 Å². The van der Waals surface area contributed by atoms with Crippen LogP contribution in [0.3, 0.4) is 0 Å². The summed E-state index contributed by atoms with van der Waals surface area (Å²) in [5.41, 5.74) is 2.29. The standard InChI is InChI=1S/C12H17N3O2/c1-12(2,11(13)14-3)15-17-10(16)9-7-5-4-6-8-9/h4-8,15H,1-3H3,(H2,13,14). The van der Waals surface area contributed by atoms with Gasteiger partial charge in [0.05, 0.1) is 5.56 Å². The van der Waals surface area contributed by atoms with Crippen molar-refractivity contribution in [3.8, 4) is 0 Å². The Labute approximate surface area is 101 Å². The highest BCUT2D eigenvalue weighted by atomic mass is 16.7. The van der Waals surface area contributed by atoms with Crippen molar-refractivity contribution in [3.63, 3.8) is 0 Å². The van der Waals surface area contributed by atoms with Crippen LogP contribution in [0.1, 0.15) is 24.2 Å². The van der Waals surface area contributed by atoms with E-state index in [4.69, 9.17) is 10.2 Å². The number of hydrogen-bond donors (Lipinski definition) is 3. The van der Waals surface area contributed by atoms with E-state index in [9.17, 15) is 4.79 Å². The lowest BCUT2D eigenvalue weighted by molar-refractivity contribution is 0.0116. The first-order valence-corrected chi connectivity index (χ1v) is 5.27. The zero-order valence-electron chi connectivity index (χ0n) is 10.2. The minimum atomic E-state index is -0.751. The molecule has 0 heterocycles. The fraction of sp³-hybridized carbons (Fsp3) is 0.333. The van der Waals surface area contributed by atoms with Crippen molar-refractivity contribution in [3.05, 3.63) is 35.9 Å². The maximum atomic E-state index is 11.6. The third kappa shape index (κ3) is 3.57. The van der Waals surface area contributed by atoms with E-state index in [2.05, 4.69) is 10.8 Å². The molecule has 17 heavy (non-hydrogen) atoms. The summed E-state index contributed by atoms with van der Waals surface area (Å²) >= 11 is 0. The van der Waals surface area contributed by atoms with Gasteiger partial charge in [-0.25, -0.2) is 4.79 Å². The number of carbonyl (C=O) groups is 1. The minimum Gasteiger partial charge on any atom is -0.375 e. The number of carbonyl (C=O) groups excluding carboxylic acids is 1. The van der Waals surface area contributed by atoms with Crippen molar-refractivity contribution >= 4 is 11.8 Å². The first-order chi connectivity index (χ1) is 7.97. The average molecular weight is 235 g/mol. The summed E-state index contributed by atoms with van der Waals surface area (Å²) in [6, 6.07) is 8.68. The smallest absolute Gasteiger partial charge is 0.356 e. The Morgan fingerprint density at radius 3 is 2.41 bits per heavy atom. The Kier molecular flexibility index (Phi) is 4.23. The van der Waals surface area contributed by atoms with E-state index in [1.807, 2.05) is 6.07 Å². The Hall–Kier alpha value is -1.88. The third-order valence-corrected chi connectivity index (χ3v) is 2.28. The number of amidine groups is 1. The molecule has 0 bridgehead atoms. The second kappa shape index (κ2) is 5.45. The number of likely N-dealkylation sites (N-methyl/N-ethyl adjacent to an activating group) is 1. The largest absolute Gasteiger partial charge is 0.375 e. The normalized spacial score (nSPS) is 10.8. The number of hydroxylamine groups is 1. The quantitative estimate of drug-likeness (QED) is 0.418. The number of hydrogen-bond acceptors (Lipinski definition) is 4. The van der Waals surface area contributed by atoms with Crippen molar-refractivity contribution in [2.75, 3.05) is 7.05 Å². The number of rotatable bonds is 4. The van der Waals surface area contributed by atoms with Crippen LogP contribution in [0.2, 0.25) is 0 Å². The van der Waals surface area contributed by atoms with Crippen molar-refractivity contribution in [1.29, 1.82) is 5.41 Å². The van der Waals surface area contributed by atoms with E-state index < -0.39 is 11.5 Å². The van der Waals surface area contributed by atoms with Gasteiger partial charge in [-0.1, -0.05) is 18.2 Å². The molecule has 1 aromatic carbocycles. The molecule has 1 rings (SSSR count). The van der Waals surface area contributed by atoms with Gasteiger partial charge < -0.3 is 10.2 Å². The van der Waals surface area contributed by atoms with Crippen molar-refractivity contribution in [2.45, 2.75) is 19.4 Å². The zero-order chi connectivity index (χ0) is 12.9. The fourth-order valence-corrected chi connectivity index (χ4v) is 1.17. The van der Waals surface area contributed by atoms with E-state index in [-0.39, 0.29) is 5.84 Å². The molecule has 0 saturated carbocycles. The summed E-state index contributed by atoms with van der Waals surface area (Å²) in [5.74, 6) is -0.235. The fourth-order valence-electron chi connectivity index (χ4n) is 1.17. The van der Waals surface area contributed by atoms with Gasteiger partial charge >= 0.3 is 5.97 Å². The van der Waals surface area contributed by atoms with E-state index in [1.165, 1.54) is 0 Å². The highest BCUT2D eigenvalue weighted by Gasteiger charge is 2.24. The lowest BCUT2D eigenvalue weighted by atomic mass is 10.1. The molecule has 0 aliphatic heterocycles. The summed E-state index contributed by atoms with van der Waals surface area (Å²) < 4.78 is 0. The summed E-state index contributed by atoms with van der Waals surface area (Å²) in [4.78, 5) is 16.6. The number of nitrogens with one attached hydrogen (secondary N) is 3. The Bertz CT molecular complexity index is 401. The molecule has 5 nitrogen and oxygen atoms in total. The molecule has 3 N–H and O–H groups in total. The summed E-state index contributed by atoms with van der Waals surface area (Å²) in [5, 5.41) is 10.3. The van der Waals surface area contributed by atoms with Gasteiger partial charge in [-0.15, -0.1) is 5.48 Å². The second-order valence-corrected chi connectivity index (χ2v) is 4.11. The van der Waals surface area contributed by atoms with Gasteiger partial charge in [0.2, 0.25) is 0 Å². The topological polar surface area (TPSA) is 74.2 Å². The molecular weight excluding hydrogens is 218 g/mol. The first-order valence-electron chi connectivity index (χ1n) is 5.27. The maximum Gasteiger partial charge on any atom is 0.356 e. The Morgan fingerprint density at radius 1 is 1.29 bits per heavy atom. The SMILES string of the molecule is CNC(=N)C(C)(C)NOC(=O)c1ccccc1. The van der Waals surface area contributed by atoms with Crippen LogP contribution < -0.4 is 10.8 Å². The first kappa shape index (κ1) is 13.2. The predicted molar refractivity (Wildman–Crippen MR) is 65.9 cm³/mol. The van der Waals surface area contributed by atoms with Crippen molar-refractivity contribution < 1.29 is 9.63 Å². The highest BCUT2D eigenvalue weighted by molar-refractivity contribution is 5.90. The highest BCUT2D eigenvalue weighted by Crippen LogP contribution is 2.05. The monoisotopic (exact) mass is 235 g/mol. The summed E-state index contributed by atoms with van der Waals surface area (Å²) in [6.45, 7) is 3.48. The van der Waals surface area contributed by atoms with Gasteiger partial charge in [-0.05, 0) is 26.0 Å². The molecular formula is C12H17N3O2. The second-order valence-electron chi connectivity index (χ2n) is 4.11. The van der Waals surface area contributed by atoms with Gasteiger partial charge in [0.1, 0.15) is 11.4 Å². The van der Waals surface area contributed by atoms with Gasteiger partial charge in [0.15, 0.2) is 0 Å². The third-order valence-electron chi connectivity index (χ3n) is 2.28. The van der Waals surface area contributed by atoms with Gasteiger partial charge in [0, 0.05) is 7.05 Å². The van der Waals surface area contributed by atoms with Crippen LogP contribution in [-0.4, -0.2) is 24.4 Å². The van der Waals surface area contributed by atoms with Crippen LogP contribution in [0.15, 0.2) is 30.3 Å². The minimum absolute atomic E-state index is 0.235. The molecule has 0 radical (unpaired) electrons. The van der Waals surface area contributed by atoms with Crippen LogP contribution in [-0.2, 0) is 4.84 Å². The molecule has 92 valence electrons. The van der Waals surface area contributed by atoms with Crippen LogP contribution >= 0.6 is 0 Å². The van der Waals surface area contributed by atoms with Crippen molar-refractivity contribution in [1.82, 2.24) is 10.8 Å². The summed E-state index contributed by atoms with van der Waals surface area (Å²) in [7, 11) is 1.64. The molecule has 0 fully saturated rings. The van der Waals surface area contributed by atoms with Crippen LogP contribution in [0.4, 0.5) is 0 Å². The van der Waals surface area contributed by atoms with Gasteiger partial charge in [0.25, 0.3) is 0 Å². The van der Waals surface area contributed by atoms with Gasteiger partial charge in [-0.3, -0.25) is 5.41 Å². The molecule has 1 aromatic rings. The molecule has 0 saturated heterocycles. The Morgan fingerprint density at radius 2 is 1.88 bits per heavy atom. The van der Waals surface area contributed by atoms with E-state index in [1.54, 1.807) is 45.2 Å². The molecule has 0 amide bonds. The van der Waals surface area contributed by atoms with Crippen molar-refractivity contribution in [2.24, 2.45) is 0 Å². The lowest BCUT2D eigenvalue weighted by Gasteiger charge is -2.25. The van der Waals surface area contributed by atoms with E-state index >= 15 is 0 Å². The molecule has 0 aliphatic rings. The average Bonchev–Trinajstić information content (AvgIpc) is 2.36. The molecule has 5 heteroatoms. The molecule has 0 aromatic heterocycles. The predicted octanol–water partition coefficient (Wildman–Crippen LogP) is 1.32. The maximum absolute atomic E-state index is 11.6. The molecule has 0 atom stereocenters. The van der Waals surface area contributed by atoms with Gasteiger partial charge in [-0.2, -0.15) is 0 Å². The van der Waals surface area contributed by atoms with E-state index in [0.29, 0.717) is 5.56 Å². The van der Waals surface area contributed by atoms with Crippen LogP contribution in [0.5, 0.6) is 0 Å². The lowest BCUT2D eigenvalue weighted by Crippen LogP contribution is -2.51. The molecule has 0 unspecified atom stereocenters. The molecule has 0 spiro atoms.